The van der Waals surface area contributed by atoms with Gasteiger partial charge < -0.3 is 14.6 Å². The van der Waals surface area contributed by atoms with E-state index in [9.17, 15) is 14.7 Å². The van der Waals surface area contributed by atoms with Gasteiger partial charge in [-0.15, -0.1) is 10.2 Å². The van der Waals surface area contributed by atoms with Crippen molar-refractivity contribution in [3.63, 3.8) is 0 Å². The minimum atomic E-state index is -0.964. The second-order valence-electron chi connectivity index (χ2n) is 10.5. The molecule has 46 heavy (non-hydrogen) atoms. The molecule has 0 aliphatic carbocycles. The molecule has 6 rings (SSSR count). The van der Waals surface area contributed by atoms with Crippen LogP contribution in [0.25, 0.3) is 5.76 Å². The van der Waals surface area contributed by atoms with Crippen LogP contribution in [0.2, 0.25) is 5.02 Å². The van der Waals surface area contributed by atoms with Gasteiger partial charge in [0.05, 0.1) is 18.7 Å². The number of ketones is 1. The van der Waals surface area contributed by atoms with Crippen molar-refractivity contribution in [1.29, 1.82) is 0 Å². The molecule has 1 unspecified atom stereocenters. The number of thioether (sulfide) groups is 1. The second kappa shape index (κ2) is 13.8. The Morgan fingerprint density at radius 3 is 2.43 bits per heavy atom. The Kier molecular flexibility index (Phi) is 9.39. The Hall–Kier alpha value is -4.64. The number of carbonyl (C=O) groups is 2. The summed E-state index contributed by atoms with van der Waals surface area (Å²) < 4.78 is 12.0. The van der Waals surface area contributed by atoms with Gasteiger partial charge in [-0.25, -0.2) is 0 Å². The van der Waals surface area contributed by atoms with Crippen LogP contribution < -0.4 is 14.4 Å². The Morgan fingerprint density at radius 2 is 1.70 bits per heavy atom. The lowest BCUT2D eigenvalue weighted by molar-refractivity contribution is -0.132. The number of benzene rings is 4. The molecule has 0 saturated carbocycles. The van der Waals surface area contributed by atoms with Gasteiger partial charge in [0.1, 0.15) is 23.9 Å². The highest BCUT2D eigenvalue weighted by molar-refractivity contribution is 8.00. The fourth-order valence-corrected chi connectivity index (χ4v) is 7.02. The zero-order valence-corrected chi connectivity index (χ0v) is 27.2. The van der Waals surface area contributed by atoms with Crippen LogP contribution >= 0.6 is 34.7 Å². The van der Waals surface area contributed by atoms with Gasteiger partial charge in [0.2, 0.25) is 5.13 Å². The summed E-state index contributed by atoms with van der Waals surface area (Å²) in [4.78, 5) is 28.5. The normalized spacial score (nSPS) is 15.7. The van der Waals surface area contributed by atoms with Crippen molar-refractivity contribution < 1.29 is 24.2 Å². The molecule has 0 bridgehead atoms. The van der Waals surface area contributed by atoms with Crippen molar-refractivity contribution >= 4 is 57.3 Å². The van der Waals surface area contributed by atoms with Gasteiger partial charge in [-0.2, -0.15) is 0 Å². The van der Waals surface area contributed by atoms with E-state index in [2.05, 4.69) is 16.3 Å². The van der Waals surface area contributed by atoms with Gasteiger partial charge in [-0.1, -0.05) is 88.8 Å². The van der Waals surface area contributed by atoms with E-state index >= 15 is 0 Å². The van der Waals surface area contributed by atoms with E-state index < -0.39 is 17.7 Å². The van der Waals surface area contributed by atoms with Crippen molar-refractivity contribution in [2.75, 3.05) is 12.0 Å². The van der Waals surface area contributed by atoms with Crippen molar-refractivity contribution in [2.24, 2.45) is 0 Å². The number of ether oxygens (including phenoxy) is 2. The predicted octanol–water partition coefficient (Wildman–Crippen LogP) is 8.01. The number of aliphatic hydroxyl groups is 1. The Morgan fingerprint density at radius 1 is 0.935 bits per heavy atom. The van der Waals surface area contributed by atoms with Crippen LogP contribution in [0.5, 0.6) is 11.5 Å². The standard InChI is InChI=1S/C35H28ClN3O5S2/c1-21-5-3-6-23(17-21)19-44-27-15-11-24(12-16-27)31(40)29-30(25-7-4-8-28(18-25)43-2)39(33(42)32(29)41)34-37-38-35(46-34)45-20-22-9-13-26(36)14-10-22/h3-18,30,40H,19-20H2,1-2H3/b31-29+. The molecule has 1 N–H and O–H groups in total. The smallest absolute Gasteiger partial charge is 0.301 e. The third kappa shape index (κ3) is 6.79. The van der Waals surface area contributed by atoms with E-state index in [1.807, 2.05) is 49.4 Å². The predicted molar refractivity (Wildman–Crippen MR) is 181 cm³/mol. The molecular weight excluding hydrogens is 642 g/mol. The van der Waals surface area contributed by atoms with Crippen LogP contribution in [0.3, 0.4) is 0 Å². The number of aryl methyl sites for hydroxylation is 1. The number of amides is 1. The summed E-state index contributed by atoms with van der Waals surface area (Å²) in [5.41, 5.74) is 4.11. The van der Waals surface area contributed by atoms with Crippen molar-refractivity contribution in [1.82, 2.24) is 10.2 Å². The van der Waals surface area contributed by atoms with Crippen molar-refractivity contribution in [3.8, 4) is 11.5 Å². The van der Waals surface area contributed by atoms with E-state index in [1.54, 1.807) is 48.5 Å². The SMILES string of the molecule is COc1cccc(C2/C(=C(\O)c3ccc(OCc4cccc(C)c4)cc3)C(=O)C(=O)N2c2nnc(SCc3ccc(Cl)cc3)s2)c1. The summed E-state index contributed by atoms with van der Waals surface area (Å²) >= 11 is 8.66. The minimum absolute atomic E-state index is 0.0581. The second-order valence-corrected chi connectivity index (χ2v) is 13.1. The minimum Gasteiger partial charge on any atom is -0.507 e. The van der Waals surface area contributed by atoms with Gasteiger partial charge in [0, 0.05) is 16.3 Å². The molecule has 1 saturated heterocycles. The molecule has 8 nitrogen and oxygen atoms in total. The molecule has 5 aromatic rings. The Labute approximate surface area is 279 Å². The van der Waals surface area contributed by atoms with Crippen LogP contribution in [-0.2, 0) is 21.9 Å². The largest absolute Gasteiger partial charge is 0.507 e. The van der Waals surface area contributed by atoms with Crippen LogP contribution in [0.4, 0.5) is 5.13 Å². The maximum absolute atomic E-state index is 13.6. The molecule has 1 aliphatic heterocycles. The monoisotopic (exact) mass is 669 g/mol. The number of anilines is 1. The Bertz CT molecular complexity index is 1930. The van der Waals surface area contributed by atoms with Crippen LogP contribution in [-0.4, -0.2) is 34.1 Å². The first-order valence-electron chi connectivity index (χ1n) is 14.2. The highest BCUT2D eigenvalue weighted by Gasteiger charge is 2.48. The van der Waals surface area contributed by atoms with Gasteiger partial charge >= 0.3 is 5.91 Å². The fraction of sp³-hybridized carbons (Fsp3) is 0.143. The average Bonchev–Trinajstić information content (AvgIpc) is 3.65. The first-order chi connectivity index (χ1) is 22.3. The number of aliphatic hydroxyl groups excluding tert-OH is 1. The maximum atomic E-state index is 13.6. The molecule has 1 atom stereocenters. The molecule has 232 valence electrons. The van der Waals surface area contributed by atoms with Gasteiger partial charge in [-0.3, -0.25) is 14.5 Å². The van der Waals surface area contributed by atoms with Gasteiger partial charge in [0.15, 0.2) is 4.34 Å². The lowest BCUT2D eigenvalue weighted by Crippen LogP contribution is -2.29. The van der Waals surface area contributed by atoms with Crippen LogP contribution in [0.1, 0.15) is 33.9 Å². The van der Waals surface area contributed by atoms with Crippen LogP contribution in [0.15, 0.2) is 107 Å². The number of nitrogens with zero attached hydrogens (tertiary/aromatic N) is 3. The Balaban J connectivity index is 1.31. The average molecular weight is 670 g/mol. The number of methoxy groups -OCH3 is 1. The first-order valence-corrected chi connectivity index (χ1v) is 16.4. The fourth-order valence-electron chi connectivity index (χ4n) is 5.07. The molecule has 2 heterocycles. The highest BCUT2D eigenvalue weighted by atomic mass is 35.5. The maximum Gasteiger partial charge on any atom is 0.301 e. The molecule has 4 aromatic carbocycles. The third-order valence-electron chi connectivity index (χ3n) is 7.35. The summed E-state index contributed by atoms with van der Waals surface area (Å²) in [6, 6.07) is 28.4. The van der Waals surface area contributed by atoms with E-state index in [4.69, 9.17) is 21.1 Å². The van der Waals surface area contributed by atoms with Crippen molar-refractivity contribution in [2.45, 2.75) is 29.7 Å². The number of rotatable bonds is 10. The lowest BCUT2D eigenvalue weighted by Gasteiger charge is -2.23. The lowest BCUT2D eigenvalue weighted by atomic mass is 9.95. The zero-order valence-electron chi connectivity index (χ0n) is 24.8. The number of aromatic nitrogens is 2. The quantitative estimate of drug-likeness (QED) is 0.0525. The molecule has 11 heteroatoms. The van der Waals surface area contributed by atoms with Crippen LogP contribution in [0, 0.1) is 6.92 Å². The molecule has 1 aliphatic rings. The van der Waals surface area contributed by atoms with E-state index in [-0.39, 0.29) is 16.5 Å². The highest BCUT2D eigenvalue weighted by Crippen LogP contribution is 2.44. The van der Waals surface area contributed by atoms with E-state index in [0.717, 1.165) is 16.7 Å². The first kappa shape index (κ1) is 31.3. The van der Waals surface area contributed by atoms with Crippen molar-refractivity contribution in [3.05, 3.63) is 135 Å². The summed E-state index contributed by atoms with van der Waals surface area (Å²) in [5.74, 6) is -0.182. The molecule has 1 aromatic heterocycles. The molecule has 1 amide bonds. The molecule has 0 radical (unpaired) electrons. The number of hydrogen-bond acceptors (Lipinski definition) is 9. The van der Waals surface area contributed by atoms with Gasteiger partial charge in [0.25, 0.3) is 5.78 Å². The molecule has 0 spiro atoms. The van der Waals surface area contributed by atoms with Gasteiger partial charge in [-0.05, 0) is 72.1 Å². The third-order valence-corrected chi connectivity index (χ3v) is 9.73. The molecular formula is C35H28ClN3O5S2. The van der Waals surface area contributed by atoms with E-state index in [1.165, 1.54) is 35.1 Å². The number of carbonyl (C=O) groups excluding carboxylic acids is 2. The number of Topliss-reactive ketones (excluding diaryl/α,β-unsaturated/α-hetero) is 1. The summed E-state index contributed by atoms with van der Waals surface area (Å²) in [7, 11) is 1.54. The summed E-state index contributed by atoms with van der Waals surface area (Å²) in [5, 5.41) is 21.0. The number of halogens is 1. The number of hydrogen-bond donors (Lipinski definition) is 1. The van der Waals surface area contributed by atoms with E-state index in [0.29, 0.717) is 44.3 Å². The summed E-state index contributed by atoms with van der Waals surface area (Å²) in [6.45, 7) is 2.41. The summed E-state index contributed by atoms with van der Waals surface area (Å²) in [6.07, 6.45) is 0. The molecule has 1 fully saturated rings. The topological polar surface area (TPSA) is 102 Å². The zero-order chi connectivity index (χ0) is 32.2.